The number of hydrogen-bond donors (Lipinski definition) is 0. The molecule has 0 saturated carbocycles. The quantitative estimate of drug-likeness (QED) is 0.788. The van der Waals surface area contributed by atoms with Crippen LogP contribution in [-0.2, 0) is 11.4 Å². The lowest BCUT2D eigenvalue weighted by Gasteiger charge is -2.31. The molecule has 1 fully saturated rings. The van der Waals surface area contributed by atoms with Crippen LogP contribution in [0.4, 0.5) is 0 Å². The number of ketones is 1. The molecule has 0 aromatic heterocycles. The number of carbonyl (C=O) groups is 1. The Hall–Kier alpha value is -1.97. The number of benzene rings is 2. The molecule has 22 heavy (non-hydrogen) atoms. The lowest BCUT2D eigenvalue weighted by atomic mass is 9.91. The third kappa shape index (κ3) is 3.81. The Morgan fingerprint density at radius 2 is 1.73 bits per heavy atom. The summed E-state index contributed by atoms with van der Waals surface area (Å²) in [7, 11) is 0. The summed E-state index contributed by atoms with van der Waals surface area (Å²) in [5, 5.41) is 1.95. The number of hydroxylamine groups is 2. The highest BCUT2D eigenvalue weighted by atomic mass is 16.7. The van der Waals surface area contributed by atoms with Gasteiger partial charge in [0.2, 0.25) is 0 Å². The topological polar surface area (TPSA) is 29.5 Å². The first-order chi connectivity index (χ1) is 10.8. The van der Waals surface area contributed by atoms with Crippen molar-refractivity contribution in [2.24, 2.45) is 5.92 Å². The average Bonchev–Trinajstić information content (AvgIpc) is 2.61. The zero-order chi connectivity index (χ0) is 15.2. The summed E-state index contributed by atoms with van der Waals surface area (Å²) in [6.45, 7) is 2.14. The molecule has 3 rings (SSSR count). The third-order valence-corrected chi connectivity index (χ3v) is 4.07. The summed E-state index contributed by atoms with van der Waals surface area (Å²) in [6.07, 6.45) is 1.94. The lowest BCUT2D eigenvalue weighted by molar-refractivity contribution is -0.184. The predicted molar refractivity (Wildman–Crippen MR) is 86.3 cm³/mol. The minimum atomic E-state index is 0.0342. The molecule has 3 nitrogen and oxygen atoms in total. The molecule has 0 radical (unpaired) electrons. The first-order valence-electron chi connectivity index (χ1n) is 7.84. The van der Waals surface area contributed by atoms with E-state index in [9.17, 15) is 4.79 Å². The van der Waals surface area contributed by atoms with Gasteiger partial charge >= 0.3 is 0 Å². The van der Waals surface area contributed by atoms with Crippen molar-refractivity contribution < 1.29 is 9.63 Å². The van der Waals surface area contributed by atoms with Crippen LogP contribution in [-0.4, -0.2) is 23.9 Å². The Labute approximate surface area is 131 Å². The van der Waals surface area contributed by atoms with Crippen molar-refractivity contribution in [3.8, 4) is 0 Å². The molecule has 1 saturated heterocycles. The number of Topliss-reactive ketones (excluding diaryl/α,β-unsaturated/α-hetero) is 1. The predicted octanol–water partition coefficient (Wildman–Crippen LogP) is 3.71. The SMILES string of the molecule is O=C(c1ccccc1)C1CCCN(OCc2ccccc2)C1. The minimum Gasteiger partial charge on any atom is -0.294 e. The maximum Gasteiger partial charge on any atom is 0.167 e. The molecule has 1 heterocycles. The molecule has 1 unspecified atom stereocenters. The Bertz CT molecular complexity index is 597. The van der Waals surface area contributed by atoms with Gasteiger partial charge in [-0.05, 0) is 18.4 Å². The second kappa shape index (κ2) is 7.34. The highest BCUT2D eigenvalue weighted by Crippen LogP contribution is 2.21. The van der Waals surface area contributed by atoms with E-state index >= 15 is 0 Å². The van der Waals surface area contributed by atoms with Crippen LogP contribution in [0.2, 0.25) is 0 Å². The summed E-state index contributed by atoms with van der Waals surface area (Å²) in [5.74, 6) is 0.264. The van der Waals surface area contributed by atoms with Crippen molar-refractivity contribution in [2.75, 3.05) is 13.1 Å². The van der Waals surface area contributed by atoms with E-state index in [-0.39, 0.29) is 11.7 Å². The number of rotatable bonds is 5. The van der Waals surface area contributed by atoms with Gasteiger partial charge < -0.3 is 0 Å². The fourth-order valence-electron chi connectivity index (χ4n) is 2.85. The van der Waals surface area contributed by atoms with Gasteiger partial charge in [-0.2, -0.15) is 5.06 Å². The van der Waals surface area contributed by atoms with Gasteiger partial charge in [0, 0.05) is 24.6 Å². The molecule has 3 heteroatoms. The van der Waals surface area contributed by atoms with Crippen LogP contribution in [0.3, 0.4) is 0 Å². The normalized spacial score (nSPS) is 19.0. The highest BCUT2D eigenvalue weighted by molar-refractivity contribution is 5.98. The Morgan fingerprint density at radius 3 is 2.45 bits per heavy atom. The van der Waals surface area contributed by atoms with E-state index in [0.29, 0.717) is 13.2 Å². The monoisotopic (exact) mass is 295 g/mol. The summed E-state index contributed by atoms with van der Waals surface area (Å²) in [6, 6.07) is 19.7. The van der Waals surface area contributed by atoms with Gasteiger partial charge in [0.1, 0.15) is 0 Å². The molecule has 0 spiro atoms. The second-order valence-electron chi connectivity index (χ2n) is 5.72. The number of hydrogen-bond acceptors (Lipinski definition) is 3. The molecule has 1 aliphatic rings. The Kier molecular flexibility index (Phi) is 4.99. The summed E-state index contributed by atoms with van der Waals surface area (Å²) in [5.41, 5.74) is 1.96. The second-order valence-corrected chi connectivity index (χ2v) is 5.72. The summed E-state index contributed by atoms with van der Waals surface area (Å²) in [4.78, 5) is 18.4. The molecule has 2 aromatic carbocycles. The fraction of sp³-hybridized carbons (Fsp3) is 0.316. The van der Waals surface area contributed by atoms with E-state index < -0.39 is 0 Å². The van der Waals surface area contributed by atoms with Crippen molar-refractivity contribution in [1.29, 1.82) is 0 Å². The molecule has 1 atom stereocenters. The molecule has 0 bridgehead atoms. The molecule has 0 amide bonds. The molecular weight excluding hydrogens is 274 g/mol. The Balaban J connectivity index is 1.56. The van der Waals surface area contributed by atoms with E-state index in [4.69, 9.17) is 4.84 Å². The van der Waals surface area contributed by atoms with Gasteiger partial charge in [-0.3, -0.25) is 9.63 Å². The largest absolute Gasteiger partial charge is 0.294 e. The Morgan fingerprint density at radius 1 is 1.05 bits per heavy atom. The van der Waals surface area contributed by atoms with Crippen molar-refractivity contribution in [1.82, 2.24) is 5.06 Å². The highest BCUT2D eigenvalue weighted by Gasteiger charge is 2.27. The van der Waals surface area contributed by atoms with Crippen molar-refractivity contribution in [2.45, 2.75) is 19.4 Å². The van der Waals surface area contributed by atoms with Crippen molar-refractivity contribution in [3.05, 3.63) is 71.8 Å². The van der Waals surface area contributed by atoms with Gasteiger partial charge in [-0.1, -0.05) is 60.7 Å². The smallest absolute Gasteiger partial charge is 0.167 e. The van der Waals surface area contributed by atoms with Crippen molar-refractivity contribution >= 4 is 5.78 Å². The number of nitrogens with zero attached hydrogens (tertiary/aromatic N) is 1. The van der Waals surface area contributed by atoms with E-state index in [1.54, 1.807) is 0 Å². The van der Waals surface area contributed by atoms with Gasteiger partial charge in [0.25, 0.3) is 0 Å². The van der Waals surface area contributed by atoms with Gasteiger partial charge in [-0.15, -0.1) is 0 Å². The van der Waals surface area contributed by atoms with Crippen LogP contribution < -0.4 is 0 Å². The maximum atomic E-state index is 12.5. The van der Waals surface area contributed by atoms with Crippen LogP contribution in [0, 0.1) is 5.92 Å². The van der Waals surface area contributed by atoms with Crippen LogP contribution >= 0.6 is 0 Å². The van der Waals surface area contributed by atoms with Crippen molar-refractivity contribution in [3.63, 3.8) is 0 Å². The van der Waals surface area contributed by atoms with Gasteiger partial charge in [-0.25, -0.2) is 0 Å². The maximum absolute atomic E-state index is 12.5. The number of piperidine rings is 1. The average molecular weight is 295 g/mol. The first kappa shape index (κ1) is 14.9. The molecule has 0 aliphatic carbocycles. The third-order valence-electron chi connectivity index (χ3n) is 4.07. The standard InChI is InChI=1S/C19H21NO2/c21-19(17-10-5-2-6-11-17)18-12-7-13-20(14-18)22-15-16-8-3-1-4-9-16/h1-6,8-11,18H,7,12-15H2. The zero-order valence-electron chi connectivity index (χ0n) is 12.7. The van der Waals surface area contributed by atoms with E-state index in [0.717, 1.165) is 30.5 Å². The molecule has 2 aromatic rings. The van der Waals surface area contributed by atoms with Gasteiger partial charge in [0.05, 0.1) is 6.61 Å². The van der Waals surface area contributed by atoms with Crippen LogP contribution in [0.25, 0.3) is 0 Å². The van der Waals surface area contributed by atoms with Crippen LogP contribution in [0.1, 0.15) is 28.8 Å². The molecular formula is C19H21NO2. The molecule has 114 valence electrons. The van der Waals surface area contributed by atoms with Gasteiger partial charge in [0.15, 0.2) is 5.78 Å². The minimum absolute atomic E-state index is 0.0342. The van der Waals surface area contributed by atoms with E-state index in [2.05, 4.69) is 12.1 Å². The van der Waals surface area contributed by atoms with Crippen LogP contribution in [0.5, 0.6) is 0 Å². The first-order valence-corrected chi connectivity index (χ1v) is 7.84. The molecule has 1 aliphatic heterocycles. The summed E-state index contributed by atoms with van der Waals surface area (Å²) < 4.78 is 0. The lowest BCUT2D eigenvalue weighted by Crippen LogP contribution is -2.38. The number of carbonyl (C=O) groups excluding carboxylic acids is 1. The summed E-state index contributed by atoms with van der Waals surface area (Å²) >= 11 is 0. The molecule has 0 N–H and O–H groups in total. The fourth-order valence-corrected chi connectivity index (χ4v) is 2.85. The zero-order valence-corrected chi connectivity index (χ0v) is 12.7. The van der Waals surface area contributed by atoms with Crippen LogP contribution in [0.15, 0.2) is 60.7 Å². The van der Waals surface area contributed by atoms with E-state index in [1.165, 1.54) is 0 Å². The van der Waals surface area contributed by atoms with E-state index in [1.807, 2.05) is 53.6 Å².